The fraction of sp³-hybridized carbons (Fsp3) is 0.368. The van der Waals surface area contributed by atoms with Gasteiger partial charge in [0.25, 0.3) is 5.91 Å². The number of carbonyl (C=O) groups is 2. The van der Waals surface area contributed by atoms with E-state index in [1.165, 1.54) is 0 Å². The van der Waals surface area contributed by atoms with Crippen LogP contribution < -0.4 is 10.2 Å². The Kier molecular flexibility index (Phi) is 3.63. The summed E-state index contributed by atoms with van der Waals surface area (Å²) < 4.78 is 1.91. The number of hydrogen-bond acceptors (Lipinski definition) is 3. The number of anilines is 1. The van der Waals surface area contributed by atoms with Crippen molar-refractivity contribution in [2.75, 3.05) is 24.5 Å². The minimum Gasteiger partial charge on any atom is -0.369 e. The number of nitrogens with one attached hydrogen (secondary N) is 1. The standard InChI is InChI=1S/C19H21N3O2/c1-21-12-16(15-7-9-20-19(24)17(15)21)22-10-8-14(11-22)18(23)13-5-3-2-4-6-13/h2-6,12,14H,7-11H2,1H3,(H,20,24). The van der Waals surface area contributed by atoms with E-state index < -0.39 is 0 Å². The van der Waals surface area contributed by atoms with E-state index >= 15 is 0 Å². The van der Waals surface area contributed by atoms with E-state index in [-0.39, 0.29) is 17.6 Å². The molecule has 0 bridgehead atoms. The fourth-order valence-corrected chi connectivity index (χ4v) is 3.89. The first-order chi connectivity index (χ1) is 11.6. The van der Waals surface area contributed by atoms with Crippen LogP contribution in [0.1, 0.15) is 32.8 Å². The Morgan fingerprint density at radius 3 is 2.83 bits per heavy atom. The fourth-order valence-electron chi connectivity index (χ4n) is 3.89. The lowest BCUT2D eigenvalue weighted by Gasteiger charge is -2.21. The molecule has 4 rings (SSSR count). The second-order valence-corrected chi connectivity index (χ2v) is 6.62. The zero-order valence-electron chi connectivity index (χ0n) is 13.8. The van der Waals surface area contributed by atoms with E-state index in [2.05, 4.69) is 10.2 Å². The van der Waals surface area contributed by atoms with Crippen molar-refractivity contribution in [2.24, 2.45) is 13.0 Å². The molecule has 1 saturated heterocycles. The van der Waals surface area contributed by atoms with Gasteiger partial charge in [0, 0.05) is 49.9 Å². The molecule has 1 amide bonds. The van der Waals surface area contributed by atoms with Gasteiger partial charge in [-0.2, -0.15) is 0 Å². The minimum absolute atomic E-state index is 0.00103. The molecule has 1 aromatic heterocycles. The van der Waals surface area contributed by atoms with Gasteiger partial charge in [-0.25, -0.2) is 0 Å². The van der Waals surface area contributed by atoms with Gasteiger partial charge in [0.2, 0.25) is 0 Å². The summed E-state index contributed by atoms with van der Waals surface area (Å²) in [6.07, 6.45) is 3.75. The quantitative estimate of drug-likeness (QED) is 0.879. The molecule has 0 aliphatic carbocycles. The number of carbonyl (C=O) groups excluding carboxylic acids is 2. The first-order valence-electron chi connectivity index (χ1n) is 8.45. The molecule has 5 heteroatoms. The Balaban J connectivity index is 1.57. The number of benzene rings is 1. The van der Waals surface area contributed by atoms with E-state index in [0.717, 1.165) is 48.4 Å². The molecule has 1 aromatic carbocycles. The number of ketones is 1. The van der Waals surface area contributed by atoms with Gasteiger partial charge >= 0.3 is 0 Å². The van der Waals surface area contributed by atoms with Crippen LogP contribution >= 0.6 is 0 Å². The topological polar surface area (TPSA) is 54.3 Å². The molecule has 2 aliphatic heterocycles. The number of fused-ring (bicyclic) bond motifs is 1. The predicted molar refractivity (Wildman–Crippen MR) is 92.5 cm³/mol. The summed E-state index contributed by atoms with van der Waals surface area (Å²) in [5.41, 5.74) is 3.78. The molecule has 1 N–H and O–H groups in total. The Morgan fingerprint density at radius 2 is 2.04 bits per heavy atom. The molecule has 0 radical (unpaired) electrons. The highest BCUT2D eigenvalue weighted by Crippen LogP contribution is 2.33. The van der Waals surface area contributed by atoms with Crippen LogP contribution in [0.5, 0.6) is 0 Å². The van der Waals surface area contributed by atoms with Crippen LogP contribution in [-0.2, 0) is 13.5 Å². The van der Waals surface area contributed by atoms with Crippen LogP contribution in [0.3, 0.4) is 0 Å². The molecule has 0 saturated carbocycles. The predicted octanol–water partition coefficient (Wildman–Crippen LogP) is 2.02. The highest BCUT2D eigenvalue weighted by Gasteiger charge is 2.33. The summed E-state index contributed by atoms with van der Waals surface area (Å²) in [5, 5.41) is 2.90. The molecule has 2 aromatic rings. The van der Waals surface area contributed by atoms with E-state index in [9.17, 15) is 9.59 Å². The van der Waals surface area contributed by atoms with Gasteiger partial charge in [0.1, 0.15) is 5.69 Å². The lowest BCUT2D eigenvalue weighted by atomic mass is 9.97. The van der Waals surface area contributed by atoms with Crippen LogP contribution in [-0.4, -0.2) is 35.9 Å². The maximum absolute atomic E-state index is 12.7. The summed E-state index contributed by atoms with van der Waals surface area (Å²) >= 11 is 0. The second-order valence-electron chi connectivity index (χ2n) is 6.62. The van der Waals surface area contributed by atoms with Crippen molar-refractivity contribution in [2.45, 2.75) is 12.8 Å². The first-order valence-corrected chi connectivity index (χ1v) is 8.45. The summed E-state index contributed by atoms with van der Waals surface area (Å²) in [6.45, 7) is 2.27. The SMILES string of the molecule is Cn1cc(N2CCC(C(=O)c3ccccc3)C2)c2c1C(=O)NCC2. The molecule has 1 unspecified atom stereocenters. The maximum atomic E-state index is 12.7. The number of amides is 1. The lowest BCUT2D eigenvalue weighted by molar-refractivity contribution is 0.0925. The van der Waals surface area contributed by atoms with Crippen molar-refractivity contribution < 1.29 is 9.59 Å². The largest absolute Gasteiger partial charge is 0.369 e. The van der Waals surface area contributed by atoms with Gasteiger partial charge in [-0.1, -0.05) is 30.3 Å². The highest BCUT2D eigenvalue weighted by atomic mass is 16.2. The minimum atomic E-state index is 0.00103. The molecular weight excluding hydrogens is 302 g/mol. The number of rotatable bonds is 3. The van der Waals surface area contributed by atoms with Crippen molar-refractivity contribution in [1.82, 2.24) is 9.88 Å². The Morgan fingerprint density at radius 1 is 1.25 bits per heavy atom. The highest BCUT2D eigenvalue weighted by molar-refractivity contribution is 5.99. The maximum Gasteiger partial charge on any atom is 0.268 e. The summed E-state index contributed by atoms with van der Waals surface area (Å²) in [6, 6.07) is 9.52. The van der Waals surface area contributed by atoms with Crippen molar-refractivity contribution in [1.29, 1.82) is 0 Å². The molecule has 1 fully saturated rings. The first kappa shape index (κ1) is 15.0. The molecule has 24 heavy (non-hydrogen) atoms. The third kappa shape index (κ3) is 2.40. The van der Waals surface area contributed by atoms with Crippen LogP contribution in [0.4, 0.5) is 5.69 Å². The lowest BCUT2D eigenvalue weighted by Crippen LogP contribution is -2.33. The van der Waals surface area contributed by atoms with Crippen molar-refractivity contribution in [3.8, 4) is 0 Å². The van der Waals surface area contributed by atoms with Crippen molar-refractivity contribution in [3.05, 3.63) is 53.3 Å². The third-order valence-electron chi connectivity index (χ3n) is 5.10. The van der Waals surface area contributed by atoms with E-state index in [0.29, 0.717) is 6.54 Å². The molecule has 3 heterocycles. The van der Waals surface area contributed by atoms with Crippen LogP contribution in [0.25, 0.3) is 0 Å². The van der Waals surface area contributed by atoms with Gasteiger partial charge in [0.15, 0.2) is 5.78 Å². The normalized spacial score (nSPS) is 20.0. The van der Waals surface area contributed by atoms with Crippen molar-refractivity contribution in [3.63, 3.8) is 0 Å². The van der Waals surface area contributed by atoms with Crippen LogP contribution in [0, 0.1) is 5.92 Å². The monoisotopic (exact) mass is 323 g/mol. The second kappa shape index (κ2) is 5.82. The third-order valence-corrected chi connectivity index (χ3v) is 5.10. The van der Waals surface area contributed by atoms with Crippen LogP contribution in [0.2, 0.25) is 0 Å². The average Bonchev–Trinajstić information content (AvgIpc) is 3.21. The number of Topliss-reactive ketones (excluding diaryl/α,β-unsaturated/α-hetero) is 1. The molecule has 1 atom stereocenters. The zero-order chi connectivity index (χ0) is 16.7. The van der Waals surface area contributed by atoms with Gasteiger partial charge in [-0.3, -0.25) is 9.59 Å². The zero-order valence-corrected chi connectivity index (χ0v) is 13.8. The summed E-state index contributed by atoms with van der Waals surface area (Å²) in [5.74, 6) is 0.252. The Labute approximate surface area is 141 Å². The Hall–Kier alpha value is -2.56. The molecular formula is C19H21N3O2. The summed E-state index contributed by atoms with van der Waals surface area (Å²) in [7, 11) is 1.91. The van der Waals surface area contributed by atoms with E-state index in [4.69, 9.17) is 0 Å². The van der Waals surface area contributed by atoms with E-state index in [1.54, 1.807) is 0 Å². The van der Waals surface area contributed by atoms with Gasteiger partial charge in [-0.15, -0.1) is 0 Å². The van der Waals surface area contributed by atoms with Gasteiger partial charge in [0.05, 0.1) is 5.69 Å². The van der Waals surface area contributed by atoms with E-state index in [1.807, 2.05) is 48.1 Å². The molecule has 5 nitrogen and oxygen atoms in total. The number of aryl methyl sites for hydroxylation is 1. The summed E-state index contributed by atoms with van der Waals surface area (Å²) in [4.78, 5) is 27.0. The molecule has 2 aliphatic rings. The van der Waals surface area contributed by atoms with Gasteiger partial charge < -0.3 is 14.8 Å². The molecule has 124 valence electrons. The van der Waals surface area contributed by atoms with Crippen molar-refractivity contribution >= 4 is 17.4 Å². The number of hydrogen-bond donors (Lipinski definition) is 1. The smallest absolute Gasteiger partial charge is 0.268 e. The number of aromatic nitrogens is 1. The average molecular weight is 323 g/mol. The van der Waals surface area contributed by atoms with Crippen LogP contribution in [0.15, 0.2) is 36.5 Å². The number of nitrogens with zero attached hydrogens (tertiary/aromatic N) is 2. The molecule has 0 spiro atoms. The van der Waals surface area contributed by atoms with Gasteiger partial charge in [-0.05, 0) is 12.8 Å². The Bertz CT molecular complexity index is 794.